The molecule has 0 saturated heterocycles. The summed E-state index contributed by atoms with van der Waals surface area (Å²) in [6.45, 7) is 5.06. The van der Waals surface area contributed by atoms with Gasteiger partial charge >= 0.3 is 0 Å². The monoisotopic (exact) mass is 619 g/mol. The van der Waals surface area contributed by atoms with Crippen LogP contribution in [0.5, 0.6) is 5.75 Å². The van der Waals surface area contributed by atoms with Gasteiger partial charge in [-0.15, -0.1) is 0 Å². The highest BCUT2D eigenvalue weighted by molar-refractivity contribution is 7.92. The minimum absolute atomic E-state index is 0.0104. The molecule has 11 heteroatoms. The zero-order chi connectivity index (χ0) is 30.2. The first-order valence-corrected chi connectivity index (χ1v) is 15.5. The number of nitrogens with one attached hydrogen (secondary N) is 1. The van der Waals surface area contributed by atoms with Gasteiger partial charge in [-0.3, -0.25) is 13.9 Å². The summed E-state index contributed by atoms with van der Waals surface area (Å²) < 4.78 is 34.0. The van der Waals surface area contributed by atoms with Crippen LogP contribution in [-0.4, -0.2) is 50.9 Å². The summed E-state index contributed by atoms with van der Waals surface area (Å²) in [5, 5.41) is 3.71. The number of rotatable bonds is 13. The molecule has 41 heavy (non-hydrogen) atoms. The lowest BCUT2D eigenvalue weighted by Crippen LogP contribution is -2.53. The normalized spacial score (nSPS) is 12.7. The number of halogens is 2. The minimum atomic E-state index is -4.18. The average molecular weight is 621 g/mol. The second-order valence-electron chi connectivity index (χ2n) is 9.52. The van der Waals surface area contributed by atoms with Gasteiger partial charge in [0.25, 0.3) is 10.0 Å². The standard InChI is InChI=1S/C30H35Cl2N3O5S/c1-5-21(3)33-30(37)28(6-2)34(19-22-12-13-23(31)18-27(22)32)29(36)20-35(24-10-8-7-9-11-24)41(38,39)26-16-14-25(40-4)15-17-26/h7-18,21,28H,5-6,19-20H2,1-4H3,(H,33,37). The fraction of sp³-hybridized carbons (Fsp3) is 0.333. The van der Waals surface area contributed by atoms with Gasteiger partial charge in [-0.25, -0.2) is 8.42 Å². The summed E-state index contributed by atoms with van der Waals surface area (Å²) in [5.74, 6) is -0.400. The molecule has 0 heterocycles. The van der Waals surface area contributed by atoms with Gasteiger partial charge in [0, 0.05) is 22.6 Å². The van der Waals surface area contributed by atoms with Crippen molar-refractivity contribution in [2.45, 2.75) is 57.1 Å². The third kappa shape index (κ3) is 8.15. The third-order valence-electron chi connectivity index (χ3n) is 6.71. The van der Waals surface area contributed by atoms with E-state index in [0.717, 1.165) is 4.31 Å². The molecule has 2 atom stereocenters. The number of hydrogen-bond acceptors (Lipinski definition) is 5. The molecule has 0 bridgehead atoms. The van der Waals surface area contributed by atoms with Crippen LogP contribution in [0.15, 0.2) is 77.7 Å². The lowest BCUT2D eigenvalue weighted by molar-refractivity contribution is -0.140. The maximum absolute atomic E-state index is 14.1. The number of amides is 2. The fourth-order valence-corrected chi connectivity index (χ4v) is 6.07. The minimum Gasteiger partial charge on any atom is -0.497 e. The topological polar surface area (TPSA) is 96.0 Å². The van der Waals surface area contributed by atoms with Crippen molar-refractivity contribution >= 4 is 50.7 Å². The number of methoxy groups -OCH3 is 1. The van der Waals surface area contributed by atoms with E-state index in [-0.39, 0.29) is 23.4 Å². The molecule has 3 aromatic carbocycles. The van der Waals surface area contributed by atoms with E-state index in [1.165, 1.54) is 24.1 Å². The Kier molecular flexibility index (Phi) is 11.5. The summed E-state index contributed by atoms with van der Waals surface area (Å²) in [7, 11) is -2.70. The largest absolute Gasteiger partial charge is 0.497 e. The lowest BCUT2D eigenvalue weighted by atomic mass is 10.1. The Hall–Kier alpha value is -3.27. The van der Waals surface area contributed by atoms with Gasteiger partial charge in [0.05, 0.1) is 17.7 Å². The van der Waals surface area contributed by atoms with E-state index in [2.05, 4.69) is 5.32 Å². The third-order valence-corrected chi connectivity index (χ3v) is 9.09. The highest BCUT2D eigenvalue weighted by atomic mass is 35.5. The van der Waals surface area contributed by atoms with Crippen LogP contribution < -0.4 is 14.4 Å². The summed E-state index contributed by atoms with van der Waals surface area (Å²) in [6, 6.07) is 18.2. The van der Waals surface area contributed by atoms with Crippen molar-refractivity contribution in [1.82, 2.24) is 10.2 Å². The molecular weight excluding hydrogens is 585 g/mol. The first-order valence-electron chi connectivity index (χ1n) is 13.3. The molecule has 0 radical (unpaired) electrons. The van der Waals surface area contributed by atoms with E-state index >= 15 is 0 Å². The first-order chi connectivity index (χ1) is 19.5. The molecule has 2 amide bonds. The Morgan fingerprint density at radius 2 is 1.61 bits per heavy atom. The van der Waals surface area contributed by atoms with E-state index in [9.17, 15) is 18.0 Å². The van der Waals surface area contributed by atoms with Gasteiger partial charge < -0.3 is 15.0 Å². The molecule has 2 unspecified atom stereocenters. The molecular formula is C30H35Cl2N3O5S. The number of hydrogen-bond donors (Lipinski definition) is 1. The number of carbonyl (C=O) groups is 2. The van der Waals surface area contributed by atoms with Crippen molar-refractivity contribution < 1.29 is 22.7 Å². The number of sulfonamides is 1. The predicted molar refractivity (Wildman–Crippen MR) is 163 cm³/mol. The molecule has 8 nitrogen and oxygen atoms in total. The zero-order valence-corrected chi connectivity index (χ0v) is 25.8. The Bertz CT molecular complexity index is 1440. The number of anilines is 1. The zero-order valence-electron chi connectivity index (χ0n) is 23.5. The molecule has 3 aromatic rings. The van der Waals surface area contributed by atoms with Crippen LogP contribution in [0.1, 0.15) is 39.2 Å². The second-order valence-corrected chi connectivity index (χ2v) is 12.2. The van der Waals surface area contributed by atoms with Gasteiger partial charge in [0.2, 0.25) is 11.8 Å². The van der Waals surface area contributed by atoms with Gasteiger partial charge in [0.1, 0.15) is 18.3 Å². The highest BCUT2D eigenvalue weighted by Crippen LogP contribution is 2.27. The van der Waals surface area contributed by atoms with Gasteiger partial charge in [-0.1, -0.05) is 61.3 Å². The van der Waals surface area contributed by atoms with Crippen LogP contribution in [0.3, 0.4) is 0 Å². The van der Waals surface area contributed by atoms with Crippen molar-refractivity contribution in [2.24, 2.45) is 0 Å². The van der Waals surface area contributed by atoms with E-state index < -0.39 is 28.5 Å². The average Bonchev–Trinajstić information content (AvgIpc) is 2.97. The number of carbonyl (C=O) groups excluding carboxylic acids is 2. The molecule has 220 valence electrons. The first kappa shape index (κ1) is 32.2. The molecule has 0 aromatic heterocycles. The molecule has 0 aliphatic carbocycles. The molecule has 0 aliphatic rings. The number of ether oxygens (including phenoxy) is 1. The predicted octanol–water partition coefficient (Wildman–Crippen LogP) is 5.92. The van der Waals surface area contributed by atoms with E-state index in [4.69, 9.17) is 27.9 Å². The summed E-state index contributed by atoms with van der Waals surface area (Å²) in [5.41, 5.74) is 0.877. The smallest absolute Gasteiger partial charge is 0.264 e. The van der Waals surface area contributed by atoms with Crippen molar-refractivity contribution in [3.8, 4) is 5.75 Å². The Morgan fingerprint density at radius 3 is 2.17 bits per heavy atom. The van der Waals surface area contributed by atoms with Crippen LogP contribution >= 0.6 is 23.2 Å². The van der Waals surface area contributed by atoms with Crippen LogP contribution in [0.2, 0.25) is 10.0 Å². The summed E-state index contributed by atoms with van der Waals surface area (Å²) >= 11 is 12.5. The summed E-state index contributed by atoms with van der Waals surface area (Å²) in [4.78, 5) is 28.8. The van der Waals surface area contributed by atoms with Crippen molar-refractivity contribution in [2.75, 3.05) is 18.0 Å². The quantitative estimate of drug-likeness (QED) is 0.256. The van der Waals surface area contributed by atoms with Crippen LogP contribution in [0, 0.1) is 0 Å². The molecule has 3 rings (SSSR count). The van der Waals surface area contributed by atoms with Gasteiger partial charge in [-0.05, 0) is 73.9 Å². The molecule has 0 saturated carbocycles. The number of benzene rings is 3. The van der Waals surface area contributed by atoms with Gasteiger partial charge in [0.15, 0.2) is 0 Å². The highest BCUT2D eigenvalue weighted by Gasteiger charge is 2.34. The van der Waals surface area contributed by atoms with Crippen LogP contribution in [0.4, 0.5) is 5.69 Å². The Balaban J connectivity index is 2.06. The molecule has 0 fully saturated rings. The number of nitrogens with zero attached hydrogens (tertiary/aromatic N) is 2. The van der Waals surface area contributed by atoms with E-state index in [1.807, 2.05) is 13.8 Å². The summed E-state index contributed by atoms with van der Waals surface area (Å²) in [6.07, 6.45) is 1.01. The molecule has 0 aliphatic heterocycles. The van der Waals surface area contributed by atoms with Crippen LogP contribution in [-0.2, 0) is 26.2 Å². The fourth-order valence-electron chi connectivity index (χ4n) is 4.19. The second kappa shape index (κ2) is 14.6. The van der Waals surface area contributed by atoms with Crippen molar-refractivity contribution in [3.05, 3.63) is 88.4 Å². The molecule has 0 spiro atoms. The maximum Gasteiger partial charge on any atom is 0.264 e. The maximum atomic E-state index is 14.1. The van der Waals surface area contributed by atoms with Crippen LogP contribution in [0.25, 0.3) is 0 Å². The van der Waals surface area contributed by atoms with Crippen molar-refractivity contribution in [3.63, 3.8) is 0 Å². The Morgan fingerprint density at radius 1 is 0.951 bits per heavy atom. The SMILES string of the molecule is CCC(C)NC(=O)C(CC)N(Cc1ccc(Cl)cc1Cl)C(=O)CN(c1ccccc1)S(=O)(=O)c1ccc(OC)cc1. The number of para-hydroxylation sites is 1. The van der Waals surface area contributed by atoms with Gasteiger partial charge in [-0.2, -0.15) is 0 Å². The lowest BCUT2D eigenvalue weighted by Gasteiger charge is -2.34. The Labute approximate surface area is 252 Å². The van der Waals surface area contributed by atoms with E-state index in [1.54, 1.807) is 67.6 Å². The molecule has 1 N–H and O–H groups in total. The van der Waals surface area contributed by atoms with Crippen molar-refractivity contribution in [1.29, 1.82) is 0 Å². The van der Waals surface area contributed by atoms with E-state index in [0.29, 0.717) is 39.9 Å².